The summed E-state index contributed by atoms with van der Waals surface area (Å²) in [5, 5.41) is 0. The summed E-state index contributed by atoms with van der Waals surface area (Å²) in [6.07, 6.45) is -2.13. The van der Waals surface area contributed by atoms with E-state index in [-0.39, 0.29) is 5.56 Å². The van der Waals surface area contributed by atoms with Crippen LogP contribution in [0.4, 0.5) is 13.2 Å². The molecule has 0 saturated carbocycles. The van der Waals surface area contributed by atoms with Gasteiger partial charge in [-0.3, -0.25) is 0 Å². The molecule has 0 amide bonds. The van der Waals surface area contributed by atoms with Gasteiger partial charge in [0.2, 0.25) is 5.92 Å². The van der Waals surface area contributed by atoms with Gasteiger partial charge in [0.05, 0.1) is 6.42 Å². The number of unbranched alkanes of at least 4 members (excludes halogenated alkanes) is 2. The number of alkyl halides is 3. The Hall–Kier alpha value is -1.56. The predicted octanol–water partition coefficient (Wildman–Crippen LogP) is 4.37. The molecule has 0 fully saturated rings. The highest BCUT2D eigenvalue weighted by Crippen LogP contribution is 2.33. The monoisotopic (exact) mass is 239 g/mol. The molecule has 0 aromatic heterocycles. The lowest BCUT2D eigenvalue weighted by Crippen LogP contribution is -2.20. The molecule has 90 valence electrons. The zero-order valence-electron chi connectivity index (χ0n) is 9.64. The number of hydrogen-bond acceptors (Lipinski definition) is 0. The molecule has 0 saturated heterocycles. The van der Waals surface area contributed by atoms with Crippen LogP contribution in [-0.2, 0) is 0 Å². The van der Waals surface area contributed by atoms with Crippen LogP contribution in [0.15, 0.2) is 30.3 Å². The van der Waals surface area contributed by atoms with E-state index in [4.69, 9.17) is 0 Å². The van der Waals surface area contributed by atoms with Gasteiger partial charge in [0.1, 0.15) is 5.56 Å². The van der Waals surface area contributed by atoms with Crippen LogP contribution in [0.1, 0.15) is 31.7 Å². The van der Waals surface area contributed by atoms with Crippen LogP contribution in [0.2, 0.25) is 0 Å². The van der Waals surface area contributed by atoms with Gasteiger partial charge < -0.3 is 0 Å². The molecular weight excluding hydrogens is 225 g/mol. The van der Waals surface area contributed by atoms with Crippen molar-refractivity contribution in [3.8, 4) is 11.8 Å². The van der Waals surface area contributed by atoms with Gasteiger partial charge >= 0.3 is 6.18 Å². The third-order valence-electron chi connectivity index (χ3n) is 2.21. The Labute approximate surface area is 99.8 Å². The van der Waals surface area contributed by atoms with E-state index in [9.17, 15) is 13.2 Å². The second-order valence-electron chi connectivity index (χ2n) is 3.64. The molecule has 17 heavy (non-hydrogen) atoms. The maximum atomic E-state index is 12.8. The van der Waals surface area contributed by atoms with Crippen molar-refractivity contribution in [2.24, 2.45) is 0 Å². The number of hydrogen-bond donors (Lipinski definition) is 0. The molecule has 0 heterocycles. The smallest absolute Gasteiger partial charge is 0.156 e. The molecule has 0 aliphatic heterocycles. The van der Waals surface area contributed by atoms with Gasteiger partial charge in [-0.15, -0.1) is 0 Å². The Bertz CT molecular complexity index is 381. The fourth-order valence-corrected chi connectivity index (χ4v) is 1.33. The van der Waals surface area contributed by atoms with Crippen molar-refractivity contribution in [2.75, 3.05) is 0 Å². The van der Waals surface area contributed by atoms with E-state index in [2.05, 4.69) is 11.8 Å². The van der Waals surface area contributed by atoms with E-state index < -0.39 is 12.1 Å². The van der Waals surface area contributed by atoms with E-state index in [0.29, 0.717) is 6.42 Å². The molecule has 0 aliphatic carbocycles. The van der Waals surface area contributed by atoms with E-state index in [0.717, 1.165) is 12.8 Å². The van der Waals surface area contributed by atoms with Crippen molar-refractivity contribution >= 4 is 0 Å². The molecule has 1 rings (SSSR count). The molecular formula is C14H14F3+. The fourth-order valence-electron chi connectivity index (χ4n) is 1.33. The van der Waals surface area contributed by atoms with Crippen LogP contribution in [0.25, 0.3) is 0 Å². The molecule has 0 atom stereocenters. The Morgan fingerprint density at radius 2 is 1.82 bits per heavy atom. The Morgan fingerprint density at radius 1 is 1.18 bits per heavy atom. The van der Waals surface area contributed by atoms with Gasteiger partial charge in [-0.2, -0.15) is 13.2 Å². The first-order valence-corrected chi connectivity index (χ1v) is 5.54. The Morgan fingerprint density at radius 3 is 2.35 bits per heavy atom. The summed E-state index contributed by atoms with van der Waals surface area (Å²) in [4.78, 5) is 0. The minimum atomic E-state index is -4.39. The summed E-state index contributed by atoms with van der Waals surface area (Å²) in [5.41, 5.74) is 0.129. The number of benzene rings is 1. The highest BCUT2D eigenvalue weighted by atomic mass is 19.4. The third kappa shape index (κ3) is 4.44. The topological polar surface area (TPSA) is 0 Å². The zero-order chi connectivity index (χ0) is 12.7. The summed E-state index contributed by atoms with van der Waals surface area (Å²) in [7, 11) is 0. The summed E-state index contributed by atoms with van der Waals surface area (Å²) >= 11 is 0. The largest absolute Gasteiger partial charge is 0.464 e. The minimum Gasteiger partial charge on any atom is -0.156 e. The van der Waals surface area contributed by atoms with Crippen LogP contribution in [0.5, 0.6) is 0 Å². The lowest BCUT2D eigenvalue weighted by atomic mass is 9.99. The van der Waals surface area contributed by atoms with Gasteiger partial charge in [0.25, 0.3) is 0 Å². The minimum absolute atomic E-state index is 0.129. The van der Waals surface area contributed by atoms with Gasteiger partial charge in [-0.1, -0.05) is 13.3 Å². The van der Waals surface area contributed by atoms with Gasteiger partial charge in [-0.25, -0.2) is 0 Å². The van der Waals surface area contributed by atoms with Crippen molar-refractivity contribution in [3.63, 3.8) is 0 Å². The SMILES string of the molecule is CCCCC#C[C+](c1ccccc1)C(F)(F)F. The molecule has 1 aromatic carbocycles. The maximum absolute atomic E-state index is 12.8. The molecule has 0 N–H and O–H groups in total. The standard InChI is InChI=1S/C14H14F3/c1-2-3-4-8-11-13(14(15,16)17)12-9-6-5-7-10-12/h5-7,9-10H,2-4H2,1H3/q+1. The lowest BCUT2D eigenvalue weighted by molar-refractivity contribution is -0.102. The fraction of sp³-hybridized carbons (Fsp3) is 0.357. The van der Waals surface area contributed by atoms with Crippen molar-refractivity contribution in [2.45, 2.75) is 32.4 Å². The maximum Gasteiger partial charge on any atom is 0.464 e. The number of rotatable bonds is 3. The predicted molar refractivity (Wildman–Crippen MR) is 62.1 cm³/mol. The molecule has 0 spiro atoms. The first kappa shape index (κ1) is 13.5. The van der Waals surface area contributed by atoms with Crippen molar-refractivity contribution in [1.29, 1.82) is 0 Å². The van der Waals surface area contributed by atoms with E-state index >= 15 is 0 Å². The highest BCUT2D eigenvalue weighted by Gasteiger charge is 2.45. The van der Waals surface area contributed by atoms with Crippen LogP contribution >= 0.6 is 0 Å². The molecule has 3 heteroatoms. The third-order valence-corrected chi connectivity index (χ3v) is 2.21. The van der Waals surface area contributed by atoms with Crippen molar-refractivity contribution < 1.29 is 13.2 Å². The van der Waals surface area contributed by atoms with Crippen molar-refractivity contribution in [3.05, 3.63) is 41.8 Å². The highest BCUT2D eigenvalue weighted by molar-refractivity contribution is 5.44. The summed E-state index contributed by atoms with van der Waals surface area (Å²) in [5.74, 6) is 4.08. The van der Waals surface area contributed by atoms with Gasteiger partial charge in [-0.05, 0) is 24.6 Å². The van der Waals surface area contributed by atoms with Crippen LogP contribution in [-0.4, -0.2) is 6.18 Å². The normalized spacial score (nSPS) is 10.6. The van der Waals surface area contributed by atoms with E-state index in [1.165, 1.54) is 12.1 Å². The van der Waals surface area contributed by atoms with E-state index in [1.807, 2.05) is 6.92 Å². The first-order chi connectivity index (χ1) is 8.05. The zero-order valence-corrected chi connectivity index (χ0v) is 9.64. The molecule has 0 nitrogen and oxygen atoms in total. The second-order valence-corrected chi connectivity index (χ2v) is 3.64. The summed E-state index contributed by atoms with van der Waals surface area (Å²) in [6, 6.07) is 7.69. The Kier molecular flexibility index (Phi) is 4.96. The molecule has 0 bridgehead atoms. The van der Waals surface area contributed by atoms with Gasteiger partial charge in [0.15, 0.2) is 0 Å². The number of halogens is 3. The molecule has 0 unspecified atom stereocenters. The summed E-state index contributed by atoms with van der Waals surface area (Å²) < 4.78 is 38.3. The quantitative estimate of drug-likeness (QED) is 0.417. The average Bonchev–Trinajstić information content (AvgIpc) is 2.28. The van der Waals surface area contributed by atoms with Crippen LogP contribution < -0.4 is 0 Å². The van der Waals surface area contributed by atoms with E-state index in [1.54, 1.807) is 18.2 Å². The lowest BCUT2D eigenvalue weighted by Gasteiger charge is -2.08. The summed E-state index contributed by atoms with van der Waals surface area (Å²) in [6.45, 7) is 1.98. The van der Waals surface area contributed by atoms with Gasteiger partial charge in [0, 0.05) is 24.0 Å². The van der Waals surface area contributed by atoms with Crippen LogP contribution in [0.3, 0.4) is 0 Å². The van der Waals surface area contributed by atoms with Crippen molar-refractivity contribution in [1.82, 2.24) is 0 Å². The molecule has 1 aromatic rings. The Balaban J connectivity index is 2.85. The average molecular weight is 239 g/mol. The molecule has 0 aliphatic rings. The first-order valence-electron chi connectivity index (χ1n) is 5.54. The van der Waals surface area contributed by atoms with Crippen LogP contribution in [0, 0.1) is 17.8 Å². The molecule has 0 radical (unpaired) electrons. The second kappa shape index (κ2) is 6.24.